The highest BCUT2D eigenvalue weighted by molar-refractivity contribution is 5.85. The van der Waals surface area contributed by atoms with Crippen LogP contribution in [0.5, 0.6) is 0 Å². The predicted octanol–water partition coefficient (Wildman–Crippen LogP) is 5.79. The second-order valence-electron chi connectivity index (χ2n) is 7.69. The third kappa shape index (κ3) is 53.1. The number of aliphatic carboxylic acids is 1. The number of carboxylic acids is 1. The summed E-state index contributed by atoms with van der Waals surface area (Å²) in [7, 11) is 6.65. The Labute approximate surface area is 200 Å². The van der Waals surface area contributed by atoms with E-state index in [1.54, 1.807) is 11.8 Å². The van der Waals surface area contributed by atoms with Gasteiger partial charge in [0.2, 0.25) is 0 Å². The van der Waals surface area contributed by atoms with Crippen molar-refractivity contribution in [1.29, 1.82) is 0 Å². The highest BCUT2D eigenvalue weighted by atomic mass is 35.5. The Morgan fingerprint density at radius 2 is 0.935 bits per heavy atom. The fraction of sp³-hybridized carbons (Fsp3) is 0.958. The summed E-state index contributed by atoms with van der Waals surface area (Å²) in [6.45, 7) is 3.99. The number of hydrogen-bond donors (Lipinski definition) is 4. The molecule has 0 saturated heterocycles. The summed E-state index contributed by atoms with van der Waals surface area (Å²) in [5, 5.41) is 17.1. The van der Waals surface area contributed by atoms with E-state index < -0.39 is 5.97 Å². The van der Waals surface area contributed by atoms with E-state index >= 15 is 0 Å². The molecule has 31 heavy (non-hydrogen) atoms. The summed E-state index contributed by atoms with van der Waals surface area (Å²) in [5.41, 5.74) is 9.00. The van der Waals surface area contributed by atoms with Gasteiger partial charge in [0.1, 0.15) is 6.23 Å². The van der Waals surface area contributed by atoms with Crippen molar-refractivity contribution in [3.63, 3.8) is 0 Å². The third-order valence-electron chi connectivity index (χ3n) is 4.74. The number of unbranched alkanes of at least 4 members (excludes halogenated alkanes) is 14. The average molecular weight is 472 g/mol. The van der Waals surface area contributed by atoms with Crippen LogP contribution in [0.3, 0.4) is 0 Å². The number of rotatable bonds is 17. The van der Waals surface area contributed by atoms with Gasteiger partial charge in [-0.3, -0.25) is 9.69 Å². The molecule has 0 amide bonds. The van der Waals surface area contributed by atoms with Crippen LogP contribution < -0.4 is 11.5 Å². The van der Waals surface area contributed by atoms with E-state index in [0.717, 1.165) is 12.8 Å². The van der Waals surface area contributed by atoms with Crippen LogP contribution in [0.15, 0.2) is 0 Å². The van der Waals surface area contributed by atoms with Crippen LogP contribution in [-0.4, -0.2) is 55.5 Å². The molecule has 0 aromatic rings. The normalized spacial score (nSPS) is 10.4. The summed E-state index contributed by atoms with van der Waals surface area (Å²) in [4.78, 5) is 12.1. The fourth-order valence-electron chi connectivity index (χ4n) is 2.65. The zero-order chi connectivity index (χ0) is 24.0. The number of carbonyl (C=O) groups is 1. The highest BCUT2D eigenvalue weighted by Gasteiger charge is 1.97. The smallest absolute Gasteiger partial charge is 0.303 e. The number of aliphatic hydroxyl groups excluding tert-OH is 1. The molecule has 6 nitrogen and oxygen atoms in total. The van der Waals surface area contributed by atoms with Crippen molar-refractivity contribution in [2.75, 3.05) is 28.2 Å². The molecule has 194 valence electrons. The first kappa shape index (κ1) is 40.9. The van der Waals surface area contributed by atoms with Crippen LogP contribution in [0.4, 0.5) is 0 Å². The number of carboxylic acid groups (broad SMARTS) is 1. The molecular formula is C24H58ClN3O3. The lowest BCUT2D eigenvalue weighted by Crippen LogP contribution is -2.23. The molecule has 0 radical (unpaired) electrons. The van der Waals surface area contributed by atoms with E-state index in [1.807, 2.05) is 14.1 Å². The summed E-state index contributed by atoms with van der Waals surface area (Å²) < 4.78 is 0. The van der Waals surface area contributed by atoms with Gasteiger partial charge in [0, 0.05) is 6.42 Å². The lowest BCUT2D eigenvalue weighted by Gasteiger charge is -2.11. The zero-order valence-electron chi connectivity index (χ0n) is 21.7. The lowest BCUT2D eigenvalue weighted by molar-refractivity contribution is -0.137. The minimum absolute atomic E-state index is 0. The molecule has 0 aromatic carbocycles. The van der Waals surface area contributed by atoms with E-state index in [1.165, 1.54) is 97.6 Å². The van der Waals surface area contributed by atoms with Gasteiger partial charge < -0.3 is 21.7 Å². The van der Waals surface area contributed by atoms with Crippen LogP contribution in [0.2, 0.25) is 0 Å². The SMILES string of the molecule is CC(O)N(C)C.CCCCCCCCCCCCCCCCCC(=O)O.CN.CN.Cl. The summed E-state index contributed by atoms with van der Waals surface area (Å²) in [6.07, 6.45) is 19.9. The van der Waals surface area contributed by atoms with Crippen molar-refractivity contribution in [1.82, 2.24) is 4.90 Å². The van der Waals surface area contributed by atoms with Crippen molar-refractivity contribution in [3.8, 4) is 0 Å². The number of nitrogens with two attached hydrogens (primary N) is 2. The number of hydrogen-bond acceptors (Lipinski definition) is 5. The van der Waals surface area contributed by atoms with Crippen molar-refractivity contribution in [3.05, 3.63) is 0 Å². The number of halogens is 1. The second kappa shape index (κ2) is 40.0. The van der Waals surface area contributed by atoms with E-state index in [-0.39, 0.29) is 18.6 Å². The summed E-state index contributed by atoms with van der Waals surface area (Å²) in [5.74, 6) is -0.653. The first-order chi connectivity index (χ1) is 14.4. The van der Waals surface area contributed by atoms with Gasteiger partial charge in [-0.25, -0.2) is 0 Å². The molecule has 1 atom stereocenters. The van der Waals surface area contributed by atoms with Gasteiger partial charge in [0.15, 0.2) is 0 Å². The van der Waals surface area contributed by atoms with Gasteiger partial charge in [-0.05, 0) is 41.5 Å². The van der Waals surface area contributed by atoms with Gasteiger partial charge in [0.25, 0.3) is 0 Å². The molecule has 1 unspecified atom stereocenters. The number of aliphatic hydroxyl groups is 1. The first-order valence-electron chi connectivity index (χ1n) is 12.1. The highest BCUT2D eigenvalue weighted by Crippen LogP contribution is 2.13. The molecule has 0 rings (SSSR count). The van der Waals surface area contributed by atoms with Crippen LogP contribution in [-0.2, 0) is 4.79 Å². The molecule has 0 spiro atoms. The molecule has 0 aliphatic carbocycles. The van der Waals surface area contributed by atoms with Crippen molar-refractivity contribution < 1.29 is 15.0 Å². The Balaban J connectivity index is -0.000000173. The van der Waals surface area contributed by atoms with Crippen molar-refractivity contribution >= 4 is 18.4 Å². The molecule has 0 aliphatic heterocycles. The maximum absolute atomic E-state index is 10.3. The molecule has 6 N–H and O–H groups in total. The largest absolute Gasteiger partial charge is 0.481 e. The Morgan fingerprint density at radius 3 is 1.13 bits per heavy atom. The van der Waals surface area contributed by atoms with E-state index in [4.69, 9.17) is 10.2 Å². The minimum Gasteiger partial charge on any atom is -0.481 e. The zero-order valence-corrected chi connectivity index (χ0v) is 22.5. The quantitative estimate of drug-likeness (QED) is 0.158. The molecule has 0 bridgehead atoms. The molecule has 0 heterocycles. The lowest BCUT2D eigenvalue weighted by atomic mass is 10.0. The number of nitrogens with zero attached hydrogens (tertiary/aromatic N) is 1. The topological polar surface area (TPSA) is 113 Å². The monoisotopic (exact) mass is 471 g/mol. The molecule has 0 saturated carbocycles. The predicted molar refractivity (Wildman–Crippen MR) is 140 cm³/mol. The van der Waals surface area contributed by atoms with Gasteiger partial charge in [-0.15, -0.1) is 12.4 Å². The second-order valence-corrected chi connectivity index (χ2v) is 7.69. The van der Waals surface area contributed by atoms with E-state index in [9.17, 15) is 4.79 Å². The third-order valence-corrected chi connectivity index (χ3v) is 4.74. The van der Waals surface area contributed by atoms with Gasteiger partial charge >= 0.3 is 5.97 Å². The van der Waals surface area contributed by atoms with Crippen molar-refractivity contribution in [2.24, 2.45) is 11.5 Å². The van der Waals surface area contributed by atoms with Crippen LogP contribution >= 0.6 is 12.4 Å². The van der Waals surface area contributed by atoms with Crippen LogP contribution in [0.25, 0.3) is 0 Å². The Hall–Kier alpha value is -0.400. The van der Waals surface area contributed by atoms with Gasteiger partial charge in [-0.2, -0.15) is 0 Å². The Kier molecular flexibility index (Phi) is 52.8. The molecule has 7 heteroatoms. The van der Waals surface area contributed by atoms with E-state index in [2.05, 4.69) is 18.4 Å². The average Bonchev–Trinajstić information content (AvgIpc) is 2.74. The molecule has 0 aliphatic rings. The van der Waals surface area contributed by atoms with E-state index in [0.29, 0.717) is 6.42 Å². The maximum Gasteiger partial charge on any atom is 0.303 e. The Morgan fingerprint density at radius 1 is 0.710 bits per heavy atom. The fourth-order valence-corrected chi connectivity index (χ4v) is 2.65. The molecule has 0 fully saturated rings. The summed E-state index contributed by atoms with van der Waals surface area (Å²) >= 11 is 0. The van der Waals surface area contributed by atoms with Crippen LogP contribution in [0, 0.1) is 0 Å². The van der Waals surface area contributed by atoms with Crippen LogP contribution in [0.1, 0.15) is 117 Å². The maximum atomic E-state index is 10.3. The first-order valence-corrected chi connectivity index (χ1v) is 12.1. The standard InChI is InChI=1S/C18H36O2.C4H11NO.2CH5N.ClH/c1-2-3-4-5-6-7-8-9-10-11-12-13-14-15-16-17-18(19)20;1-4(6)5(2)3;2*1-2;/h2-17H2,1H3,(H,19,20);4,6H,1-3H3;2*2H2,1H3;1H. The molecular weight excluding hydrogens is 414 g/mol. The van der Waals surface area contributed by atoms with Crippen molar-refractivity contribution in [2.45, 2.75) is 123 Å². The molecule has 0 aromatic heterocycles. The van der Waals surface area contributed by atoms with Gasteiger partial charge in [0.05, 0.1) is 0 Å². The summed E-state index contributed by atoms with van der Waals surface area (Å²) in [6, 6.07) is 0. The Bertz CT molecular complexity index is 289. The minimum atomic E-state index is -0.653. The van der Waals surface area contributed by atoms with Gasteiger partial charge in [-0.1, -0.05) is 96.8 Å².